The van der Waals surface area contributed by atoms with E-state index < -0.39 is 16.1 Å². The summed E-state index contributed by atoms with van der Waals surface area (Å²) in [5.74, 6) is -0.353. The minimum absolute atomic E-state index is 0.219. The number of anilines is 1. The first-order valence-corrected chi connectivity index (χ1v) is 12.7. The monoisotopic (exact) mass is 467 g/mol. The molecule has 0 aliphatic carbocycles. The van der Waals surface area contributed by atoms with Crippen LogP contribution in [0.15, 0.2) is 64.3 Å². The summed E-state index contributed by atoms with van der Waals surface area (Å²) in [5, 5.41) is 3.72. The topological polar surface area (TPSA) is 88.5 Å². The summed E-state index contributed by atoms with van der Waals surface area (Å²) in [5.41, 5.74) is 1.79. The molecule has 0 saturated carbocycles. The normalized spacial score (nSPS) is 16.3. The molecule has 3 aromatic rings. The second-order valence-electron chi connectivity index (χ2n) is 8.56. The number of benzene rings is 2. The first kappa shape index (κ1) is 23.2. The third-order valence-electron chi connectivity index (χ3n) is 6.26. The predicted octanol–water partition coefficient (Wildman–Crippen LogP) is 4.07. The van der Waals surface area contributed by atoms with E-state index >= 15 is 0 Å². The summed E-state index contributed by atoms with van der Waals surface area (Å²) in [4.78, 5) is 25.9. The van der Waals surface area contributed by atoms with E-state index in [4.69, 9.17) is 0 Å². The number of aryl methyl sites for hydroxylation is 1. The third-order valence-corrected chi connectivity index (χ3v) is 8.17. The maximum absolute atomic E-state index is 13.0. The van der Waals surface area contributed by atoms with Gasteiger partial charge in [0.1, 0.15) is 6.04 Å². The SMILES string of the molecule is Cc1cc(=O)n(C(C)C(=O)Nc2ccc(S(=O)(=O)N3CCCCCC3)cc2)c2ccccc12. The van der Waals surface area contributed by atoms with Crippen LogP contribution in [0.1, 0.15) is 44.2 Å². The molecule has 2 aromatic carbocycles. The number of hydrogen-bond donors (Lipinski definition) is 1. The molecule has 1 aliphatic rings. The van der Waals surface area contributed by atoms with Gasteiger partial charge >= 0.3 is 0 Å². The number of rotatable bonds is 5. The Hall–Kier alpha value is -2.97. The number of carbonyl (C=O) groups excluding carboxylic acids is 1. The highest BCUT2D eigenvalue weighted by Crippen LogP contribution is 2.23. The van der Waals surface area contributed by atoms with E-state index in [-0.39, 0.29) is 16.4 Å². The van der Waals surface area contributed by atoms with Gasteiger partial charge in [0.15, 0.2) is 0 Å². The maximum atomic E-state index is 13.0. The summed E-state index contributed by atoms with van der Waals surface area (Å²) in [7, 11) is -3.55. The van der Waals surface area contributed by atoms with Gasteiger partial charge in [0.2, 0.25) is 15.9 Å². The van der Waals surface area contributed by atoms with E-state index in [0.717, 1.165) is 36.6 Å². The quantitative estimate of drug-likeness (QED) is 0.613. The minimum Gasteiger partial charge on any atom is -0.324 e. The summed E-state index contributed by atoms with van der Waals surface area (Å²) in [6, 6.07) is 14.5. The molecule has 1 atom stereocenters. The van der Waals surface area contributed by atoms with Gasteiger partial charge in [0.05, 0.1) is 10.4 Å². The summed E-state index contributed by atoms with van der Waals surface area (Å²) in [6.45, 7) is 4.63. The number of nitrogens with zero attached hydrogens (tertiary/aromatic N) is 2. The lowest BCUT2D eigenvalue weighted by Gasteiger charge is -2.20. The summed E-state index contributed by atoms with van der Waals surface area (Å²) >= 11 is 0. The number of nitrogens with one attached hydrogen (secondary N) is 1. The first-order valence-electron chi connectivity index (χ1n) is 11.3. The minimum atomic E-state index is -3.55. The number of pyridine rings is 1. The Kier molecular flexibility index (Phi) is 6.67. The molecule has 0 bridgehead atoms. The van der Waals surface area contributed by atoms with E-state index in [1.54, 1.807) is 23.4 Å². The van der Waals surface area contributed by atoms with Crippen molar-refractivity contribution in [2.24, 2.45) is 0 Å². The van der Waals surface area contributed by atoms with Crippen LogP contribution in [0.2, 0.25) is 0 Å². The van der Waals surface area contributed by atoms with Crippen LogP contribution in [0.25, 0.3) is 10.9 Å². The standard InChI is InChI=1S/C25H29N3O4S/c1-18-17-24(29)28(23-10-6-5-9-22(18)23)19(2)25(30)26-20-11-13-21(14-12-20)33(31,32)27-15-7-3-4-8-16-27/h5-6,9-14,17,19H,3-4,7-8,15-16H2,1-2H3,(H,26,30). The van der Waals surface area contributed by atoms with Crippen LogP contribution in [0, 0.1) is 6.92 Å². The van der Waals surface area contributed by atoms with Crippen molar-refractivity contribution in [3.63, 3.8) is 0 Å². The molecule has 1 aromatic heterocycles. The third kappa shape index (κ3) is 4.72. The molecule has 7 nitrogen and oxygen atoms in total. The molecule has 8 heteroatoms. The average Bonchev–Trinajstić information content (AvgIpc) is 3.10. The van der Waals surface area contributed by atoms with Crippen molar-refractivity contribution < 1.29 is 13.2 Å². The molecule has 1 amide bonds. The Labute approximate surface area is 194 Å². The Morgan fingerprint density at radius 3 is 2.27 bits per heavy atom. The Bertz CT molecular complexity index is 1320. The summed E-state index contributed by atoms with van der Waals surface area (Å²) < 4.78 is 28.9. The first-order chi connectivity index (χ1) is 15.8. The number of para-hydroxylation sites is 1. The van der Waals surface area contributed by atoms with E-state index in [1.807, 2.05) is 31.2 Å². The van der Waals surface area contributed by atoms with Gasteiger partial charge in [-0.05, 0) is 62.6 Å². The van der Waals surface area contributed by atoms with E-state index in [1.165, 1.54) is 22.8 Å². The van der Waals surface area contributed by atoms with E-state index in [9.17, 15) is 18.0 Å². The van der Waals surface area contributed by atoms with Gasteiger partial charge in [-0.2, -0.15) is 4.31 Å². The van der Waals surface area contributed by atoms with Gasteiger partial charge in [-0.3, -0.25) is 14.2 Å². The number of aromatic nitrogens is 1. The lowest BCUT2D eigenvalue weighted by Crippen LogP contribution is -2.32. The summed E-state index contributed by atoms with van der Waals surface area (Å²) in [6.07, 6.45) is 3.85. The lowest BCUT2D eigenvalue weighted by atomic mass is 10.1. The van der Waals surface area contributed by atoms with Crippen molar-refractivity contribution in [1.82, 2.24) is 8.87 Å². The van der Waals surface area contributed by atoms with E-state index in [0.29, 0.717) is 24.3 Å². The highest BCUT2D eigenvalue weighted by atomic mass is 32.2. The van der Waals surface area contributed by atoms with Gasteiger partial charge < -0.3 is 5.32 Å². The molecule has 0 spiro atoms. The molecular weight excluding hydrogens is 438 g/mol. The van der Waals surface area contributed by atoms with Gasteiger partial charge in [-0.1, -0.05) is 31.0 Å². The number of hydrogen-bond acceptors (Lipinski definition) is 4. The lowest BCUT2D eigenvalue weighted by molar-refractivity contribution is -0.118. The van der Waals surface area contributed by atoms with Crippen molar-refractivity contribution in [2.75, 3.05) is 18.4 Å². The van der Waals surface area contributed by atoms with Crippen molar-refractivity contribution >= 4 is 32.5 Å². The zero-order valence-corrected chi connectivity index (χ0v) is 19.8. The second kappa shape index (κ2) is 9.49. The fraction of sp³-hybridized carbons (Fsp3) is 0.360. The zero-order valence-electron chi connectivity index (χ0n) is 19.0. The van der Waals surface area contributed by atoms with Crippen LogP contribution >= 0.6 is 0 Å². The number of sulfonamides is 1. The highest BCUT2D eigenvalue weighted by Gasteiger charge is 2.25. The molecule has 0 radical (unpaired) electrons. The highest BCUT2D eigenvalue weighted by molar-refractivity contribution is 7.89. The van der Waals surface area contributed by atoms with Crippen LogP contribution in [-0.2, 0) is 14.8 Å². The zero-order chi connectivity index (χ0) is 23.6. The van der Waals surface area contributed by atoms with Gasteiger partial charge in [0, 0.05) is 30.2 Å². The van der Waals surface area contributed by atoms with Crippen LogP contribution < -0.4 is 10.9 Å². The Balaban J connectivity index is 1.54. The molecule has 4 rings (SSSR count). The largest absolute Gasteiger partial charge is 0.324 e. The molecule has 1 fully saturated rings. The average molecular weight is 468 g/mol. The number of carbonyl (C=O) groups is 1. The fourth-order valence-corrected chi connectivity index (χ4v) is 5.89. The molecule has 1 aliphatic heterocycles. The van der Waals surface area contributed by atoms with E-state index in [2.05, 4.69) is 5.32 Å². The van der Waals surface area contributed by atoms with Crippen molar-refractivity contribution in [1.29, 1.82) is 0 Å². The smallest absolute Gasteiger partial charge is 0.252 e. The Morgan fingerprint density at radius 2 is 1.61 bits per heavy atom. The predicted molar refractivity (Wildman–Crippen MR) is 130 cm³/mol. The fourth-order valence-electron chi connectivity index (χ4n) is 4.37. The van der Waals surface area contributed by atoms with Crippen molar-refractivity contribution in [3.8, 4) is 0 Å². The van der Waals surface area contributed by atoms with Gasteiger partial charge in [0.25, 0.3) is 5.56 Å². The van der Waals surface area contributed by atoms with Gasteiger partial charge in [-0.15, -0.1) is 0 Å². The second-order valence-corrected chi connectivity index (χ2v) is 10.5. The van der Waals surface area contributed by atoms with Crippen molar-refractivity contribution in [3.05, 3.63) is 70.5 Å². The molecular formula is C25H29N3O4S. The van der Waals surface area contributed by atoms with Gasteiger partial charge in [-0.25, -0.2) is 8.42 Å². The molecule has 1 saturated heterocycles. The molecule has 1 N–H and O–H groups in total. The molecule has 174 valence electrons. The molecule has 2 heterocycles. The number of fused-ring (bicyclic) bond motifs is 1. The van der Waals surface area contributed by atoms with Crippen LogP contribution in [0.4, 0.5) is 5.69 Å². The number of amides is 1. The van der Waals surface area contributed by atoms with Crippen LogP contribution in [-0.4, -0.2) is 36.3 Å². The van der Waals surface area contributed by atoms with Crippen LogP contribution in [0.5, 0.6) is 0 Å². The maximum Gasteiger partial charge on any atom is 0.252 e. The van der Waals surface area contributed by atoms with Crippen LogP contribution in [0.3, 0.4) is 0 Å². The van der Waals surface area contributed by atoms with Crippen molar-refractivity contribution in [2.45, 2.75) is 50.5 Å². The Morgan fingerprint density at radius 1 is 0.970 bits per heavy atom. The molecule has 1 unspecified atom stereocenters. The molecule has 33 heavy (non-hydrogen) atoms.